The summed E-state index contributed by atoms with van der Waals surface area (Å²) in [4.78, 5) is 37.8. The summed E-state index contributed by atoms with van der Waals surface area (Å²) in [6.07, 6.45) is 0. The van der Waals surface area contributed by atoms with Gasteiger partial charge in [0.1, 0.15) is 6.54 Å². The van der Waals surface area contributed by atoms with Crippen LogP contribution >= 0.6 is 23.2 Å². The Morgan fingerprint density at radius 1 is 1.00 bits per heavy atom. The first-order valence-electron chi connectivity index (χ1n) is 8.08. The molecule has 0 unspecified atom stereocenters. The minimum atomic E-state index is -0.489. The van der Waals surface area contributed by atoms with E-state index in [1.54, 1.807) is 25.1 Å². The second-order valence-corrected chi connectivity index (χ2v) is 6.35. The molecule has 0 aliphatic carbocycles. The van der Waals surface area contributed by atoms with Crippen molar-refractivity contribution < 1.29 is 19.1 Å². The lowest BCUT2D eigenvalue weighted by molar-refractivity contribution is -0.116. The molecule has 8 heteroatoms. The molecule has 2 aromatic rings. The molecule has 2 rings (SSSR count). The van der Waals surface area contributed by atoms with E-state index >= 15 is 0 Å². The fourth-order valence-electron chi connectivity index (χ4n) is 2.35. The van der Waals surface area contributed by atoms with E-state index in [-0.39, 0.29) is 12.5 Å². The van der Waals surface area contributed by atoms with Gasteiger partial charge in [0.25, 0.3) is 5.91 Å². The molecular formula is C19H18Cl2N2O4. The number of carbonyl (C=O) groups excluding carboxylic acids is 3. The third kappa shape index (κ3) is 5.21. The first-order valence-corrected chi connectivity index (χ1v) is 8.84. The molecule has 2 aromatic carbocycles. The van der Waals surface area contributed by atoms with Crippen molar-refractivity contribution in [3.05, 3.63) is 63.6 Å². The zero-order valence-corrected chi connectivity index (χ0v) is 16.3. The molecule has 27 heavy (non-hydrogen) atoms. The van der Waals surface area contributed by atoms with Crippen molar-refractivity contribution in [2.75, 3.05) is 25.5 Å². The zero-order chi connectivity index (χ0) is 20.0. The van der Waals surface area contributed by atoms with Crippen molar-refractivity contribution in [3.8, 4) is 0 Å². The van der Waals surface area contributed by atoms with E-state index in [4.69, 9.17) is 23.2 Å². The lowest BCUT2D eigenvalue weighted by Gasteiger charge is -2.21. The van der Waals surface area contributed by atoms with E-state index in [2.05, 4.69) is 10.1 Å². The topological polar surface area (TPSA) is 75.7 Å². The summed E-state index contributed by atoms with van der Waals surface area (Å²) in [6.45, 7) is 1.91. The Labute approximate surface area is 167 Å². The van der Waals surface area contributed by atoms with Gasteiger partial charge in [-0.1, -0.05) is 29.3 Å². The highest BCUT2D eigenvalue weighted by Crippen LogP contribution is 2.29. The van der Waals surface area contributed by atoms with E-state index in [0.29, 0.717) is 33.4 Å². The molecule has 0 radical (unpaired) electrons. The number of carbonyl (C=O) groups is 3. The molecule has 0 aliphatic rings. The molecule has 142 valence electrons. The number of hydrogen-bond acceptors (Lipinski definition) is 4. The van der Waals surface area contributed by atoms with Crippen LogP contribution in [-0.2, 0) is 9.53 Å². The average molecular weight is 409 g/mol. The number of anilines is 1. The van der Waals surface area contributed by atoms with Gasteiger partial charge < -0.3 is 15.0 Å². The quantitative estimate of drug-likeness (QED) is 0.735. The van der Waals surface area contributed by atoms with E-state index in [0.717, 1.165) is 0 Å². The van der Waals surface area contributed by atoms with Gasteiger partial charge >= 0.3 is 5.97 Å². The minimum absolute atomic E-state index is 0.171. The van der Waals surface area contributed by atoms with Crippen molar-refractivity contribution >= 4 is 46.7 Å². The Bertz CT molecular complexity index is 833. The van der Waals surface area contributed by atoms with Crippen LogP contribution in [0.25, 0.3) is 0 Å². The fraction of sp³-hybridized carbons (Fsp3) is 0.211. The number of para-hydroxylation sites is 1. The summed E-state index contributed by atoms with van der Waals surface area (Å²) in [5.74, 6) is -1.25. The summed E-state index contributed by atoms with van der Waals surface area (Å²) in [6, 6.07) is 10.9. The molecule has 0 aromatic heterocycles. The van der Waals surface area contributed by atoms with E-state index < -0.39 is 11.9 Å². The maximum absolute atomic E-state index is 12.6. The van der Waals surface area contributed by atoms with E-state index in [1.165, 1.54) is 36.3 Å². The third-order valence-corrected chi connectivity index (χ3v) is 4.41. The van der Waals surface area contributed by atoms with Gasteiger partial charge in [-0.05, 0) is 43.3 Å². The first kappa shape index (κ1) is 20.7. The average Bonchev–Trinajstić information content (AvgIpc) is 2.68. The molecule has 0 aliphatic heterocycles. The van der Waals surface area contributed by atoms with Crippen LogP contribution in [0.4, 0.5) is 5.69 Å². The van der Waals surface area contributed by atoms with Gasteiger partial charge in [-0.25, -0.2) is 4.79 Å². The molecule has 0 fully saturated rings. The van der Waals surface area contributed by atoms with Crippen LogP contribution < -0.4 is 5.32 Å². The molecule has 0 saturated heterocycles. The summed E-state index contributed by atoms with van der Waals surface area (Å²) >= 11 is 12.1. The smallest absolute Gasteiger partial charge is 0.337 e. The minimum Gasteiger partial charge on any atom is -0.465 e. The summed E-state index contributed by atoms with van der Waals surface area (Å²) in [7, 11) is 1.28. The Morgan fingerprint density at radius 2 is 1.56 bits per heavy atom. The SMILES string of the molecule is CCN(CC(=O)Nc1c(Cl)cccc1Cl)C(=O)c1ccc(C(=O)OC)cc1. The third-order valence-electron chi connectivity index (χ3n) is 3.78. The Morgan fingerprint density at radius 3 is 2.07 bits per heavy atom. The van der Waals surface area contributed by atoms with Crippen molar-refractivity contribution in [1.82, 2.24) is 4.90 Å². The number of rotatable bonds is 6. The van der Waals surface area contributed by atoms with Gasteiger partial charge in [0.15, 0.2) is 0 Å². The standard InChI is InChI=1S/C19H18Cl2N2O4/c1-3-23(11-16(24)22-17-14(20)5-4-6-15(17)21)18(25)12-7-9-13(10-8-12)19(26)27-2/h4-10H,3,11H2,1-2H3,(H,22,24). The Hall–Kier alpha value is -2.57. The van der Waals surface area contributed by atoms with Crippen LogP contribution in [0.3, 0.4) is 0 Å². The van der Waals surface area contributed by atoms with Gasteiger partial charge in [-0.3, -0.25) is 9.59 Å². The highest BCUT2D eigenvalue weighted by molar-refractivity contribution is 6.39. The normalized spacial score (nSPS) is 10.2. The number of likely N-dealkylation sites (N-methyl/N-ethyl adjacent to an activating group) is 1. The van der Waals surface area contributed by atoms with Crippen LogP contribution in [0, 0.1) is 0 Å². The number of nitrogens with zero attached hydrogens (tertiary/aromatic N) is 1. The maximum atomic E-state index is 12.6. The van der Waals surface area contributed by atoms with Gasteiger partial charge in [-0.15, -0.1) is 0 Å². The lowest BCUT2D eigenvalue weighted by Crippen LogP contribution is -2.38. The van der Waals surface area contributed by atoms with Crippen molar-refractivity contribution in [1.29, 1.82) is 0 Å². The van der Waals surface area contributed by atoms with Gasteiger partial charge in [0.05, 0.1) is 28.4 Å². The highest BCUT2D eigenvalue weighted by Gasteiger charge is 2.19. The van der Waals surface area contributed by atoms with E-state index in [9.17, 15) is 14.4 Å². The highest BCUT2D eigenvalue weighted by atomic mass is 35.5. The summed E-state index contributed by atoms with van der Waals surface area (Å²) < 4.78 is 4.62. The number of methoxy groups -OCH3 is 1. The molecule has 0 spiro atoms. The Balaban J connectivity index is 2.08. The molecule has 0 saturated carbocycles. The van der Waals surface area contributed by atoms with E-state index in [1.807, 2.05) is 0 Å². The number of nitrogens with one attached hydrogen (secondary N) is 1. The zero-order valence-electron chi connectivity index (χ0n) is 14.8. The summed E-state index contributed by atoms with van der Waals surface area (Å²) in [5.41, 5.74) is 0.994. The van der Waals surface area contributed by atoms with Gasteiger partial charge in [0, 0.05) is 12.1 Å². The predicted octanol–water partition coefficient (Wildman–Crippen LogP) is 3.88. The molecule has 0 atom stereocenters. The number of hydrogen-bond donors (Lipinski definition) is 1. The fourth-order valence-corrected chi connectivity index (χ4v) is 2.84. The Kier molecular flexibility index (Phi) is 7.21. The second-order valence-electron chi connectivity index (χ2n) is 5.53. The largest absolute Gasteiger partial charge is 0.465 e. The van der Waals surface area contributed by atoms with Crippen LogP contribution in [-0.4, -0.2) is 42.9 Å². The number of ether oxygens (including phenoxy) is 1. The molecular weight excluding hydrogens is 391 g/mol. The molecule has 2 amide bonds. The van der Waals surface area contributed by atoms with Gasteiger partial charge in [0.2, 0.25) is 5.91 Å². The van der Waals surface area contributed by atoms with Crippen molar-refractivity contribution in [2.24, 2.45) is 0 Å². The summed E-state index contributed by atoms with van der Waals surface area (Å²) in [5, 5.41) is 3.24. The van der Waals surface area contributed by atoms with Crippen LogP contribution in [0.2, 0.25) is 10.0 Å². The number of halogens is 2. The van der Waals surface area contributed by atoms with Crippen LogP contribution in [0.5, 0.6) is 0 Å². The first-order chi connectivity index (χ1) is 12.9. The molecule has 0 bridgehead atoms. The second kappa shape index (κ2) is 9.39. The van der Waals surface area contributed by atoms with Crippen LogP contribution in [0.15, 0.2) is 42.5 Å². The maximum Gasteiger partial charge on any atom is 0.337 e. The lowest BCUT2D eigenvalue weighted by atomic mass is 10.1. The van der Waals surface area contributed by atoms with Crippen molar-refractivity contribution in [3.63, 3.8) is 0 Å². The van der Waals surface area contributed by atoms with Gasteiger partial charge in [-0.2, -0.15) is 0 Å². The number of esters is 1. The predicted molar refractivity (Wildman–Crippen MR) is 104 cm³/mol. The molecule has 6 nitrogen and oxygen atoms in total. The number of benzene rings is 2. The van der Waals surface area contributed by atoms with Crippen LogP contribution in [0.1, 0.15) is 27.6 Å². The number of amides is 2. The monoisotopic (exact) mass is 408 g/mol. The van der Waals surface area contributed by atoms with Crippen molar-refractivity contribution in [2.45, 2.75) is 6.92 Å². The molecule has 1 N–H and O–H groups in total. The molecule has 0 heterocycles.